The van der Waals surface area contributed by atoms with E-state index >= 15 is 0 Å². The normalized spacial score (nSPS) is 16.1. The maximum absolute atomic E-state index is 13.3. The number of ether oxygens (including phenoxy) is 2. The number of nitrogens with zero attached hydrogens (tertiary/aromatic N) is 5. The molecule has 9 nitrogen and oxygen atoms in total. The summed E-state index contributed by atoms with van der Waals surface area (Å²) in [6.07, 6.45) is 0. The molecule has 0 radical (unpaired) electrons. The molecule has 9 heteroatoms. The molecule has 0 bridgehead atoms. The molecule has 30 heavy (non-hydrogen) atoms. The van der Waals surface area contributed by atoms with Crippen LogP contribution in [0.5, 0.6) is 5.75 Å². The molecule has 0 saturated carbocycles. The maximum atomic E-state index is 13.3. The van der Waals surface area contributed by atoms with Gasteiger partial charge >= 0.3 is 5.69 Å². The van der Waals surface area contributed by atoms with Crippen LogP contribution in [-0.4, -0.2) is 45.6 Å². The molecule has 3 aromatic rings. The fourth-order valence-corrected chi connectivity index (χ4v) is 4.06. The van der Waals surface area contributed by atoms with Crippen LogP contribution in [0, 0.1) is 5.92 Å². The number of aryl methyl sites for hydroxylation is 1. The molecule has 160 valence electrons. The quantitative estimate of drug-likeness (QED) is 0.573. The zero-order valence-electron chi connectivity index (χ0n) is 17.8. The van der Waals surface area contributed by atoms with E-state index in [1.54, 1.807) is 14.2 Å². The zero-order valence-corrected chi connectivity index (χ0v) is 17.8. The topological polar surface area (TPSA) is 83.5 Å². The molecule has 3 heterocycles. The summed E-state index contributed by atoms with van der Waals surface area (Å²) in [5.74, 6) is 1.64. The minimum Gasteiger partial charge on any atom is -0.495 e. The Hall–Kier alpha value is -3.07. The number of para-hydroxylation sites is 2. The monoisotopic (exact) mass is 413 g/mol. The maximum Gasteiger partial charge on any atom is 0.332 e. The van der Waals surface area contributed by atoms with Crippen molar-refractivity contribution < 1.29 is 9.47 Å². The van der Waals surface area contributed by atoms with Crippen molar-refractivity contribution in [1.82, 2.24) is 18.7 Å². The summed E-state index contributed by atoms with van der Waals surface area (Å²) >= 11 is 0. The minimum absolute atomic E-state index is 0.210. The molecule has 1 aliphatic heterocycles. The molecular weight excluding hydrogens is 386 g/mol. The highest BCUT2D eigenvalue weighted by molar-refractivity contribution is 5.78. The number of benzene rings is 1. The van der Waals surface area contributed by atoms with E-state index < -0.39 is 0 Å². The number of rotatable bonds is 6. The van der Waals surface area contributed by atoms with Crippen molar-refractivity contribution in [2.24, 2.45) is 13.0 Å². The molecule has 1 aliphatic rings. The van der Waals surface area contributed by atoms with Gasteiger partial charge in [0, 0.05) is 26.7 Å². The number of aromatic nitrogens is 4. The van der Waals surface area contributed by atoms with Crippen LogP contribution in [-0.2, 0) is 24.9 Å². The summed E-state index contributed by atoms with van der Waals surface area (Å²) in [6.45, 7) is 6.44. The molecule has 0 saturated heterocycles. The molecule has 0 fully saturated rings. The Kier molecular flexibility index (Phi) is 5.38. The van der Waals surface area contributed by atoms with Gasteiger partial charge in [0.15, 0.2) is 11.2 Å². The largest absolute Gasteiger partial charge is 0.495 e. The van der Waals surface area contributed by atoms with Gasteiger partial charge in [0.2, 0.25) is 5.95 Å². The second-order valence-electron chi connectivity index (χ2n) is 7.58. The predicted molar refractivity (Wildman–Crippen MR) is 115 cm³/mol. The summed E-state index contributed by atoms with van der Waals surface area (Å²) < 4.78 is 15.5. The zero-order chi connectivity index (χ0) is 21.4. The van der Waals surface area contributed by atoms with Crippen molar-refractivity contribution in [3.05, 3.63) is 45.1 Å². The van der Waals surface area contributed by atoms with Gasteiger partial charge in [-0.2, -0.15) is 4.98 Å². The summed E-state index contributed by atoms with van der Waals surface area (Å²) in [7, 11) is 3.28. The molecule has 0 N–H and O–H groups in total. The van der Waals surface area contributed by atoms with Gasteiger partial charge in [0.1, 0.15) is 5.75 Å². The standard InChI is InChI=1S/C21H27N5O4/c1-5-30-11-10-24-19(27)17-18(23(3)21(24)28)22-20-25(12-14(2)13-26(17)20)15-8-6-7-9-16(15)29-4/h6-9,14H,5,10-13H2,1-4H3/t14-/m1/s1. The van der Waals surface area contributed by atoms with E-state index in [2.05, 4.69) is 11.8 Å². The third-order valence-electron chi connectivity index (χ3n) is 5.48. The number of imidazole rings is 1. The lowest BCUT2D eigenvalue weighted by molar-refractivity contribution is 0.137. The van der Waals surface area contributed by atoms with Crippen LogP contribution >= 0.6 is 0 Å². The number of methoxy groups -OCH3 is 1. The summed E-state index contributed by atoms with van der Waals surface area (Å²) in [6, 6.07) is 7.73. The van der Waals surface area contributed by atoms with Crippen LogP contribution in [0.2, 0.25) is 0 Å². The number of hydrogen-bond donors (Lipinski definition) is 0. The van der Waals surface area contributed by atoms with E-state index in [0.717, 1.165) is 18.0 Å². The Bertz CT molecular complexity index is 1190. The first-order valence-electron chi connectivity index (χ1n) is 10.2. The first-order chi connectivity index (χ1) is 14.5. The van der Waals surface area contributed by atoms with Gasteiger partial charge in [-0.05, 0) is 25.0 Å². The smallest absolute Gasteiger partial charge is 0.332 e. The van der Waals surface area contributed by atoms with Gasteiger partial charge in [0.25, 0.3) is 5.56 Å². The van der Waals surface area contributed by atoms with Crippen molar-refractivity contribution in [1.29, 1.82) is 0 Å². The van der Waals surface area contributed by atoms with Gasteiger partial charge in [-0.15, -0.1) is 0 Å². The third-order valence-corrected chi connectivity index (χ3v) is 5.48. The second-order valence-corrected chi connectivity index (χ2v) is 7.58. The lowest BCUT2D eigenvalue weighted by atomic mass is 10.1. The van der Waals surface area contributed by atoms with Crippen LogP contribution < -0.4 is 20.9 Å². The van der Waals surface area contributed by atoms with E-state index in [1.807, 2.05) is 35.8 Å². The first kappa shape index (κ1) is 20.2. The molecule has 0 unspecified atom stereocenters. The van der Waals surface area contributed by atoms with Gasteiger partial charge < -0.3 is 18.9 Å². The Balaban J connectivity index is 1.94. The fourth-order valence-electron chi connectivity index (χ4n) is 4.06. The van der Waals surface area contributed by atoms with E-state index in [0.29, 0.717) is 36.9 Å². The highest BCUT2D eigenvalue weighted by atomic mass is 16.5. The fraction of sp³-hybridized carbons (Fsp3) is 0.476. The molecule has 1 aromatic carbocycles. The van der Waals surface area contributed by atoms with Crippen LogP contribution in [0.4, 0.5) is 11.6 Å². The minimum atomic E-state index is -0.389. The second kappa shape index (κ2) is 7.98. The van der Waals surface area contributed by atoms with E-state index in [9.17, 15) is 9.59 Å². The Morgan fingerprint density at radius 2 is 1.97 bits per heavy atom. The van der Waals surface area contributed by atoms with Crippen molar-refractivity contribution in [3.63, 3.8) is 0 Å². The van der Waals surface area contributed by atoms with Gasteiger partial charge in [-0.25, -0.2) is 4.79 Å². The SMILES string of the molecule is CCOCCn1c(=O)c2c(nc3n2C[C@H](C)CN3c2ccccc2OC)n(C)c1=O. The van der Waals surface area contributed by atoms with Crippen molar-refractivity contribution in [2.45, 2.75) is 26.9 Å². The summed E-state index contributed by atoms with van der Waals surface area (Å²) in [4.78, 5) is 32.9. The number of fused-ring (bicyclic) bond motifs is 3. The van der Waals surface area contributed by atoms with Gasteiger partial charge in [0.05, 0.1) is 25.9 Å². The van der Waals surface area contributed by atoms with Gasteiger partial charge in [-0.3, -0.25) is 13.9 Å². The molecule has 1 atom stereocenters. The van der Waals surface area contributed by atoms with Gasteiger partial charge in [-0.1, -0.05) is 19.1 Å². The van der Waals surface area contributed by atoms with Crippen LogP contribution in [0.25, 0.3) is 11.2 Å². The van der Waals surface area contributed by atoms with E-state index in [-0.39, 0.29) is 23.7 Å². The van der Waals surface area contributed by atoms with Crippen LogP contribution in [0.3, 0.4) is 0 Å². The first-order valence-corrected chi connectivity index (χ1v) is 10.2. The van der Waals surface area contributed by atoms with Crippen LogP contribution in [0.1, 0.15) is 13.8 Å². The molecular formula is C21H27N5O4. The predicted octanol–water partition coefficient (Wildman–Crippen LogP) is 1.73. The molecule has 4 rings (SSSR count). The highest BCUT2D eigenvalue weighted by Gasteiger charge is 2.30. The molecule has 0 amide bonds. The van der Waals surface area contributed by atoms with Crippen LogP contribution in [0.15, 0.2) is 33.9 Å². The Morgan fingerprint density at radius 3 is 2.70 bits per heavy atom. The summed E-state index contributed by atoms with van der Waals surface area (Å²) in [5, 5.41) is 0. The van der Waals surface area contributed by atoms with Crippen molar-refractivity contribution in [3.8, 4) is 5.75 Å². The van der Waals surface area contributed by atoms with E-state index in [4.69, 9.17) is 14.5 Å². The number of anilines is 2. The average Bonchev–Trinajstić information content (AvgIpc) is 3.13. The van der Waals surface area contributed by atoms with Crippen molar-refractivity contribution in [2.75, 3.05) is 31.8 Å². The Labute approximate surface area is 174 Å². The molecule has 2 aromatic heterocycles. The highest BCUT2D eigenvalue weighted by Crippen LogP contribution is 2.37. The van der Waals surface area contributed by atoms with Crippen molar-refractivity contribution >= 4 is 22.8 Å². The summed E-state index contributed by atoms with van der Waals surface area (Å²) in [5.41, 5.74) is 0.988. The number of hydrogen-bond acceptors (Lipinski definition) is 6. The van der Waals surface area contributed by atoms with E-state index in [1.165, 1.54) is 9.13 Å². The lowest BCUT2D eigenvalue weighted by Crippen LogP contribution is -2.41. The lowest BCUT2D eigenvalue weighted by Gasteiger charge is -2.33. The molecule has 0 spiro atoms. The molecule has 0 aliphatic carbocycles. The Morgan fingerprint density at radius 1 is 1.20 bits per heavy atom. The average molecular weight is 413 g/mol. The third kappa shape index (κ3) is 3.19.